The summed E-state index contributed by atoms with van der Waals surface area (Å²) < 4.78 is 1.56. The van der Waals surface area contributed by atoms with Crippen LogP contribution in [0.4, 0.5) is 0 Å². The summed E-state index contributed by atoms with van der Waals surface area (Å²) in [4.78, 5) is 15.6. The molecule has 5 nitrogen and oxygen atoms in total. The van der Waals surface area contributed by atoms with Gasteiger partial charge in [0.2, 0.25) is 0 Å². The number of carbonyl (C=O) groups is 1. The predicted octanol–water partition coefficient (Wildman–Crippen LogP) is 1.31. The van der Waals surface area contributed by atoms with E-state index in [1.807, 2.05) is 13.0 Å². The Balaban J connectivity index is 2.35. The summed E-state index contributed by atoms with van der Waals surface area (Å²) in [6.45, 7) is 2.48. The first-order valence-corrected chi connectivity index (χ1v) is 5.64. The van der Waals surface area contributed by atoms with Gasteiger partial charge in [-0.1, -0.05) is 6.07 Å². The zero-order valence-corrected chi connectivity index (χ0v) is 10.2. The van der Waals surface area contributed by atoms with Gasteiger partial charge in [0.1, 0.15) is 6.33 Å². The molecule has 1 N–H and O–H groups in total. The Labute approximate surface area is 104 Å². The Morgan fingerprint density at radius 3 is 3.00 bits per heavy atom. The quantitative estimate of drug-likeness (QED) is 0.805. The van der Waals surface area contributed by atoms with Crippen LogP contribution in [0.3, 0.4) is 0 Å². The summed E-state index contributed by atoms with van der Waals surface area (Å²) in [5.74, 6) is -0.102. The Bertz CT molecular complexity index is 538. The van der Waals surface area contributed by atoms with Crippen molar-refractivity contribution >= 4 is 18.5 Å². The molecule has 1 amide bonds. The molecule has 88 valence electrons. The first-order valence-electron chi connectivity index (χ1n) is 5.20. The van der Waals surface area contributed by atoms with Crippen LogP contribution in [0.15, 0.2) is 35.7 Å². The van der Waals surface area contributed by atoms with Crippen molar-refractivity contribution in [3.8, 4) is 5.69 Å². The molecule has 0 aliphatic carbocycles. The molecule has 0 radical (unpaired) electrons. The molecule has 2 aromatic rings. The molecule has 0 spiro atoms. The molecule has 1 heterocycles. The zero-order chi connectivity index (χ0) is 12.3. The number of benzene rings is 1. The van der Waals surface area contributed by atoms with Crippen molar-refractivity contribution in [3.63, 3.8) is 0 Å². The molecule has 2 rings (SSSR count). The van der Waals surface area contributed by atoms with E-state index in [1.165, 1.54) is 6.33 Å². The summed E-state index contributed by atoms with van der Waals surface area (Å²) in [6.07, 6.45) is 1.42. The van der Waals surface area contributed by atoms with Crippen LogP contribution >= 0.6 is 12.6 Å². The lowest BCUT2D eigenvalue weighted by atomic mass is 10.2. The Kier molecular flexibility index (Phi) is 3.43. The van der Waals surface area contributed by atoms with E-state index in [2.05, 4.69) is 28.0 Å². The molecule has 6 heteroatoms. The van der Waals surface area contributed by atoms with Crippen LogP contribution in [-0.2, 0) is 0 Å². The summed E-state index contributed by atoms with van der Waals surface area (Å²) in [6, 6.07) is 7.15. The summed E-state index contributed by atoms with van der Waals surface area (Å²) in [5, 5.41) is 7.26. The van der Waals surface area contributed by atoms with Crippen molar-refractivity contribution in [2.75, 3.05) is 6.54 Å². The standard InChI is InChI=1S/C11H12N4OS/c1-2-12-10(16)8-4-3-5-9(6-8)15-11(17)13-7-14-15/h3-7H,2H2,1H3,(H,12,16)(H,13,14,17). The summed E-state index contributed by atoms with van der Waals surface area (Å²) in [7, 11) is 0. The maximum absolute atomic E-state index is 11.7. The fraction of sp³-hybridized carbons (Fsp3) is 0.182. The number of aromatic nitrogens is 3. The second-order valence-corrected chi connectivity index (χ2v) is 3.78. The van der Waals surface area contributed by atoms with Crippen molar-refractivity contribution in [2.24, 2.45) is 0 Å². The van der Waals surface area contributed by atoms with Gasteiger partial charge in [-0.15, -0.1) is 12.6 Å². The number of hydrogen-bond donors (Lipinski definition) is 2. The highest BCUT2D eigenvalue weighted by atomic mass is 32.1. The first kappa shape index (κ1) is 11.7. The SMILES string of the molecule is CCNC(=O)c1cccc(-n2ncnc2S)c1. The minimum atomic E-state index is -0.102. The molecular formula is C11H12N4OS. The molecule has 0 aliphatic heterocycles. The predicted molar refractivity (Wildman–Crippen MR) is 66.6 cm³/mol. The zero-order valence-electron chi connectivity index (χ0n) is 9.29. The maximum atomic E-state index is 11.7. The molecule has 0 unspecified atom stereocenters. The van der Waals surface area contributed by atoms with Crippen LogP contribution in [0.1, 0.15) is 17.3 Å². The van der Waals surface area contributed by atoms with Gasteiger partial charge in [0, 0.05) is 12.1 Å². The largest absolute Gasteiger partial charge is 0.352 e. The maximum Gasteiger partial charge on any atom is 0.251 e. The lowest BCUT2D eigenvalue weighted by Gasteiger charge is -2.06. The number of rotatable bonds is 3. The molecule has 0 aliphatic rings. The molecule has 1 aromatic heterocycles. The van der Waals surface area contributed by atoms with E-state index >= 15 is 0 Å². The fourth-order valence-corrected chi connectivity index (χ4v) is 1.68. The van der Waals surface area contributed by atoms with Gasteiger partial charge in [0.05, 0.1) is 5.69 Å². The van der Waals surface area contributed by atoms with Crippen LogP contribution in [0.5, 0.6) is 0 Å². The Morgan fingerprint density at radius 1 is 1.53 bits per heavy atom. The van der Waals surface area contributed by atoms with E-state index < -0.39 is 0 Å². The van der Waals surface area contributed by atoms with Gasteiger partial charge in [-0.25, -0.2) is 9.67 Å². The summed E-state index contributed by atoms with van der Waals surface area (Å²) in [5.41, 5.74) is 1.35. The van der Waals surface area contributed by atoms with Gasteiger partial charge in [-0.2, -0.15) is 5.10 Å². The minimum Gasteiger partial charge on any atom is -0.352 e. The van der Waals surface area contributed by atoms with E-state index in [0.717, 1.165) is 5.69 Å². The normalized spacial score (nSPS) is 10.2. The molecule has 0 saturated carbocycles. The number of nitrogens with zero attached hydrogens (tertiary/aromatic N) is 3. The third kappa shape index (κ3) is 2.47. The van der Waals surface area contributed by atoms with E-state index in [1.54, 1.807) is 22.9 Å². The fourth-order valence-electron chi connectivity index (χ4n) is 1.46. The molecule has 0 atom stereocenters. The third-order valence-electron chi connectivity index (χ3n) is 2.22. The molecule has 0 saturated heterocycles. The van der Waals surface area contributed by atoms with Crippen molar-refractivity contribution in [2.45, 2.75) is 12.1 Å². The monoisotopic (exact) mass is 248 g/mol. The van der Waals surface area contributed by atoms with E-state index in [-0.39, 0.29) is 5.91 Å². The van der Waals surface area contributed by atoms with Crippen LogP contribution in [0.25, 0.3) is 5.69 Å². The van der Waals surface area contributed by atoms with Gasteiger partial charge < -0.3 is 5.32 Å². The average molecular weight is 248 g/mol. The smallest absolute Gasteiger partial charge is 0.251 e. The van der Waals surface area contributed by atoms with E-state index in [9.17, 15) is 4.79 Å². The topological polar surface area (TPSA) is 59.8 Å². The number of thiol groups is 1. The van der Waals surface area contributed by atoms with Crippen LogP contribution in [-0.4, -0.2) is 27.2 Å². The molecule has 17 heavy (non-hydrogen) atoms. The minimum absolute atomic E-state index is 0.102. The number of nitrogens with one attached hydrogen (secondary N) is 1. The molecule has 0 fully saturated rings. The second-order valence-electron chi connectivity index (χ2n) is 3.38. The van der Waals surface area contributed by atoms with Crippen LogP contribution < -0.4 is 5.32 Å². The second kappa shape index (κ2) is 5.01. The van der Waals surface area contributed by atoms with Crippen molar-refractivity contribution in [1.29, 1.82) is 0 Å². The van der Waals surface area contributed by atoms with Gasteiger partial charge in [-0.05, 0) is 25.1 Å². The lowest BCUT2D eigenvalue weighted by Crippen LogP contribution is -2.22. The number of carbonyl (C=O) groups excluding carboxylic acids is 1. The van der Waals surface area contributed by atoms with Crippen molar-refractivity contribution in [3.05, 3.63) is 36.2 Å². The number of amides is 1. The first-order chi connectivity index (χ1) is 8.22. The Hall–Kier alpha value is -1.82. The Morgan fingerprint density at radius 2 is 2.35 bits per heavy atom. The molecule has 0 bridgehead atoms. The van der Waals surface area contributed by atoms with Crippen molar-refractivity contribution < 1.29 is 4.79 Å². The lowest BCUT2D eigenvalue weighted by molar-refractivity contribution is 0.0956. The third-order valence-corrected chi connectivity index (χ3v) is 2.52. The van der Waals surface area contributed by atoms with Gasteiger partial charge >= 0.3 is 0 Å². The average Bonchev–Trinajstić information content (AvgIpc) is 2.76. The highest BCUT2D eigenvalue weighted by Gasteiger charge is 2.07. The van der Waals surface area contributed by atoms with Crippen LogP contribution in [0, 0.1) is 0 Å². The van der Waals surface area contributed by atoms with Crippen molar-refractivity contribution in [1.82, 2.24) is 20.1 Å². The molecular weight excluding hydrogens is 236 g/mol. The highest BCUT2D eigenvalue weighted by Crippen LogP contribution is 2.13. The number of hydrogen-bond acceptors (Lipinski definition) is 4. The van der Waals surface area contributed by atoms with Crippen LogP contribution in [0.2, 0.25) is 0 Å². The summed E-state index contributed by atoms with van der Waals surface area (Å²) >= 11 is 4.18. The molecule has 1 aromatic carbocycles. The van der Waals surface area contributed by atoms with E-state index in [4.69, 9.17) is 0 Å². The van der Waals surface area contributed by atoms with E-state index in [0.29, 0.717) is 17.3 Å². The highest BCUT2D eigenvalue weighted by molar-refractivity contribution is 7.80. The van der Waals surface area contributed by atoms with Gasteiger partial charge in [0.15, 0.2) is 5.16 Å². The van der Waals surface area contributed by atoms with Gasteiger partial charge in [-0.3, -0.25) is 4.79 Å². The van der Waals surface area contributed by atoms with Gasteiger partial charge in [0.25, 0.3) is 5.91 Å².